The Morgan fingerprint density at radius 1 is 1.43 bits per heavy atom. The van der Waals surface area contributed by atoms with Crippen LogP contribution in [0.3, 0.4) is 0 Å². The lowest BCUT2D eigenvalue weighted by molar-refractivity contribution is -0.385. The number of halogens is 1. The normalized spacial score (nSPS) is 13.7. The van der Waals surface area contributed by atoms with Crippen LogP contribution in [0.1, 0.15) is 18.4 Å². The maximum Gasteiger partial charge on any atom is 0.272 e. The zero-order valence-electron chi connectivity index (χ0n) is 11.6. The molecule has 0 radical (unpaired) electrons. The molecule has 0 aliphatic heterocycles. The van der Waals surface area contributed by atoms with Gasteiger partial charge in [-0.1, -0.05) is 0 Å². The number of benzene rings is 1. The monoisotopic (exact) mass is 294 g/mol. The topological polar surface area (TPSA) is 88.5 Å². The SMILES string of the molecule is Cc1ccc(C(C)(O)CNc2ccc([N+](=O)[O-])cc2F)o1. The standard InChI is InChI=1S/C14H15FN2O4/c1-9-3-6-13(21-9)14(2,18)8-16-12-5-4-10(17(19)20)7-11(12)15/h3-7,16,18H,8H2,1-2H3. The summed E-state index contributed by atoms with van der Waals surface area (Å²) in [5, 5.41) is 23.6. The summed E-state index contributed by atoms with van der Waals surface area (Å²) >= 11 is 0. The van der Waals surface area contributed by atoms with E-state index in [0.29, 0.717) is 11.5 Å². The molecule has 2 aromatic rings. The van der Waals surface area contributed by atoms with E-state index in [1.807, 2.05) is 0 Å². The van der Waals surface area contributed by atoms with Gasteiger partial charge in [0.05, 0.1) is 23.2 Å². The second kappa shape index (κ2) is 5.53. The molecule has 6 nitrogen and oxygen atoms in total. The number of nitrogens with one attached hydrogen (secondary N) is 1. The first-order valence-electron chi connectivity index (χ1n) is 6.27. The fourth-order valence-corrected chi connectivity index (χ4v) is 1.84. The average Bonchev–Trinajstić information content (AvgIpc) is 2.84. The first kappa shape index (κ1) is 15.0. The van der Waals surface area contributed by atoms with Gasteiger partial charge in [0.15, 0.2) is 5.82 Å². The highest BCUT2D eigenvalue weighted by Crippen LogP contribution is 2.25. The summed E-state index contributed by atoms with van der Waals surface area (Å²) in [5.74, 6) is 0.261. The molecule has 0 saturated heterocycles. The number of aryl methyl sites for hydroxylation is 1. The van der Waals surface area contributed by atoms with Gasteiger partial charge in [0.25, 0.3) is 5.69 Å². The van der Waals surface area contributed by atoms with Crippen LogP contribution in [0.4, 0.5) is 15.8 Å². The van der Waals surface area contributed by atoms with Crippen molar-refractivity contribution in [3.63, 3.8) is 0 Å². The van der Waals surface area contributed by atoms with E-state index < -0.39 is 16.3 Å². The van der Waals surface area contributed by atoms with E-state index in [1.165, 1.54) is 19.1 Å². The van der Waals surface area contributed by atoms with Gasteiger partial charge in [-0.2, -0.15) is 0 Å². The van der Waals surface area contributed by atoms with Gasteiger partial charge in [0.2, 0.25) is 0 Å². The Kier molecular flexibility index (Phi) is 3.95. The van der Waals surface area contributed by atoms with Crippen LogP contribution in [-0.2, 0) is 5.60 Å². The van der Waals surface area contributed by atoms with Crippen molar-refractivity contribution in [3.8, 4) is 0 Å². The molecule has 1 unspecified atom stereocenters. The Bertz CT molecular complexity index is 667. The smallest absolute Gasteiger partial charge is 0.272 e. The molecule has 1 aromatic heterocycles. The molecule has 21 heavy (non-hydrogen) atoms. The molecule has 112 valence electrons. The van der Waals surface area contributed by atoms with Crippen LogP contribution in [0, 0.1) is 22.9 Å². The van der Waals surface area contributed by atoms with Gasteiger partial charge in [-0.3, -0.25) is 10.1 Å². The molecule has 1 heterocycles. The number of nitrogens with zero attached hydrogens (tertiary/aromatic N) is 1. The Balaban J connectivity index is 2.10. The van der Waals surface area contributed by atoms with Crippen molar-refractivity contribution in [1.82, 2.24) is 0 Å². The summed E-state index contributed by atoms with van der Waals surface area (Å²) in [7, 11) is 0. The van der Waals surface area contributed by atoms with Crippen molar-refractivity contribution < 1.29 is 18.8 Å². The van der Waals surface area contributed by atoms with Crippen molar-refractivity contribution in [2.45, 2.75) is 19.4 Å². The van der Waals surface area contributed by atoms with E-state index in [2.05, 4.69) is 5.32 Å². The summed E-state index contributed by atoms with van der Waals surface area (Å²) in [4.78, 5) is 9.86. The van der Waals surface area contributed by atoms with Gasteiger partial charge >= 0.3 is 0 Å². The highest BCUT2D eigenvalue weighted by Gasteiger charge is 2.27. The molecule has 7 heteroatoms. The van der Waals surface area contributed by atoms with E-state index in [0.717, 1.165) is 6.07 Å². The molecule has 0 spiro atoms. The summed E-state index contributed by atoms with van der Waals surface area (Å²) in [6.07, 6.45) is 0. The zero-order chi connectivity index (χ0) is 15.6. The molecular formula is C14H15FN2O4. The number of hydrogen-bond acceptors (Lipinski definition) is 5. The Labute approximate surface area is 120 Å². The zero-order valence-corrected chi connectivity index (χ0v) is 11.6. The van der Waals surface area contributed by atoms with Crippen LogP contribution >= 0.6 is 0 Å². The molecule has 0 saturated carbocycles. The van der Waals surface area contributed by atoms with Crippen molar-refractivity contribution >= 4 is 11.4 Å². The van der Waals surface area contributed by atoms with Crippen LogP contribution in [-0.4, -0.2) is 16.6 Å². The minimum absolute atomic E-state index is 0.00527. The third-order valence-corrected chi connectivity index (χ3v) is 3.06. The van der Waals surface area contributed by atoms with Gasteiger partial charge in [-0.25, -0.2) is 4.39 Å². The first-order valence-corrected chi connectivity index (χ1v) is 6.27. The van der Waals surface area contributed by atoms with Crippen LogP contribution in [0.15, 0.2) is 34.7 Å². The third-order valence-electron chi connectivity index (χ3n) is 3.06. The maximum absolute atomic E-state index is 13.7. The first-order chi connectivity index (χ1) is 9.79. The lowest BCUT2D eigenvalue weighted by Gasteiger charge is -2.22. The van der Waals surface area contributed by atoms with Crippen molar-refractivity contribution in [3.05, 3.63) is 57.8 Å². The number of anilines is 1. The second-order valence-electron chi connectivity index (χ2n) is 4.96. The molecule has 2 rings (SSSR count). The predicted molar refractivity (Wildman–Crippen MR) is 74.6 cm³/mol. The van der Waals surface area contributed by atoms with Gasteiger partial charge < -0.3 is 14.8 Å². The van der Waals surface area contributed by atoms with Crippen molar-refractivity contribution in [2.24, 2.45) is 0 Å². The van der Waals surface area contributed by atoms with E-state index in [-0.39, 0.29) is 17.9 Å². The number of non-ortho nitro benzene ring substituents is 1. The Morgan fingerprint density at radius 3 is 2.67 bits per heavy atom. The lowest BCUT2D eigenvalue weighted by Crippen LogP contribution is -2.30. The molecule has 0 aliphatic carbocycles. The summed E-state index contributed by atoms with van der Waals surface area (Å²) in [6.45, 7) is 3.28. The number of nitro benzene ring substituents is 1. The second-order valence-corrected chi connectivity index (χ2v) is 4.96. The van der Waals surface area contributed by atoms with Crippen LogP contribution in [0.5, 0.6) is 0 Å². The summed E-state index contributed by atoms with van der Waals surface area (Å²) in [5.41, 5.74) is -1.58. The quantitative estimate of drug-likeness (QED) is 0.653. The minimum atomic E-state index is -1.33. The van der Waals surface area contributed by atoms with Gasteiger partial charge in [-0.15, -0.1) is 0 Å². The van der Waals surface area contributed by atoms with E-state index in [9.17, 15) is 19.6 Å². The van der Waals surface area contributed by atoms with Crippen molar-refractivity contribution in [1.29, 1.82) is 0 Å². The molecular weight excluding hydrogens is 279 g/mol. The van der Waals surface area contributed by atoms with E-state index >= 15 is 0 Å². The van der Waals surface area contributed by atoms with E-state index in [1.54, 1.807) is 19.1 Å². The number of hydrogen-bond donors (Lipinski definition) is 2. The van der Waals surface area contributed by atoms with Gasteiger partial charge in [0.1, 0.15) is 17.1 Å². The molecule has 0 aliphatic rings. The van der Waals surface area contributed by atoms with Gasteiger partial charge in [0, 0.05) is 6.07 Å². The highest BCUT2D eigenvalue weighted by atomic mass is 19.1. The van der Waals surface area contributed by atoms with Crippen LogP contribution in [0.25, 0.3) is 0 Å². The van der Waals surface area contributed by atoms with Crippen LogP contribution in [0.2, 0.25) is 0 Å². The minimum Gasteiger partial charge on any atom is -0.463 e. The Hall–Kier alpha value is -2.41. The average molecular weight is 294 g/mol. The molecule has 1 aromatic carbocycles. The fraction of sp³-hybridized carbons (Fsp3) is 0.286. The largest absolute Gasteiger partial charge is 0.463 e. The van der Waals surface area contributed by atoms with Crippen molar-refractivity contribution in [2.75, 3.05) is 11.9 Å². The Morgan fingerprint density at radius 2 is 2.14 bits per heavy atom. The van der Waals surface area contributed by atoms with E-state index in [4.69, 9.17) is 4.42 Å². The third kappa shape index (κ3) is 3.38. The summed E-state index contributed by atoms with van der Waals surface area (Å²) < 4.78 is 19.1. The van der Waals surface area contributed by atoms with Gasteiger partial charge in [-0.05, 0) is 32.0 Å². The number of nitro groups is 1. The van der Waals surface area contributed by atoms with Crippen LogP contribution < -0.4 is 5.32 Å². The highest BCUT2D eigenvalue weighted by molar-refractivity contribution is 5.50. The predicted octanol–water partition coefficient (Wildman–Crippen LogP) is 2.95. The molecule has 2 N–H and O–H groups in total. The summed E-state index contributed by atoms with van der Waals surface area (Å²) in [6, 6.07) is 6.64. The molecule has 0 bridgehead atoms. The molecule has 0 fully saturated rings. The fourth-order valence-electron chi connectivity index (χ4n) is 1.84. The molecule has 0 amide bonds. The molecule has 1 atom stereocenters. The number of furan rings is 1. The number of aliphatic hydroxyl groups is 1. The number of rotatable bonds is 5. The maximum atomic E-state index is 13.7. The lowest BCUT2D eigenvalue weighted by atomic mass is 10.0.